The SMILES string of the molecule is CCN1/C(=C\C(C)=C\c2[se]c3ccccc3[n+]2CC)[Se]c2ccccc21. The third-order valence-corrected chi connectivity index (χ3v) is 9.28. The Bertz CT molecular complexity index is 1010. The van der Waals surface area contributed by atoms with Gasteiger partial charge in [0.05, 0.1) is 0 Å². The third-order valence-electron chi connectivity index (χ3n) is 4.61. The van der Waals surface area contributed by atoms with E-state index < -0.39 is 0 Å². The summed E-state index contributed by atoms with van der Waals surface area (Å²) < 4.78 is 8.43. The molecule has 26 heavy (non-hydrogen) atoms. The normalized spacial score (nSPS) is 15.9. The molecular formula is C22H23N2Se2+. The quantitative estimate of drug-likeness (QED) is 0.417. The Morgan fingerprint density at radius 2 is 1.85 bits per heavy atom. The molecule has 4 heteroatoms. The second-order valence-electron chi connectivity index (χ2n) is 6.34. The van der Waals surface area contributed by atoms with Gasteiger partial charge in [0.1, 0.15) is 0 Å². The minimum atomic E-state index is 0.403. The minimum absolute atomic E-state index is 0.403. The zero-order valence-electron chi connectivity index (χ0n) is 15.4. The fraction of sp³-hybridized carbons (Fsp3) is 0.227. The van der Waals surface area contributed by atoms with E-state index in [4.69, 9.17) is 0 Å². The second kappa shape index (κ2) is 7.58. The molecule has 0 fully saturated rings. The van der Waals surface area contributed by atoms with Crippen molar-refractivity contribution in [3.63, 3.8) is 0 Å². The molecule has 0 saturated heterocycles. The van der Waals surface area contributed by atoms with Crippen LogP contribution in [0.25, 0.3) is 15.9 Å². The second-order valence-corrected chi connectivity index (χ2v) is 10.8. The monoisotopic (exact) mass is 475 g/mol. The van der Waals surface area contributed by atoms with Crippen LogP contribution < -0.4 is 13.9 Å². The van der Waals surface area contributed by atoms with E-state index in [1.54, 1.807) is 0 Å². The number of aromatic nitrogens is 1. The van der Waals surface area contributed by atoms with Gasteiger partial charge in [-0.3, -0.25) is 0 Å². The van der Waals surface area contributed by atoms with Crippen LogP contribution in [-0.4, -0.2) is 36.0 Å². The summed E-state index contributed by atoms with van der Waals surface area (Å²) in [5.41, 5.74) is 4.15. The van der Waals surface area contributed by atoms with Crippen LogP contribution in [0.1, 0.15) is 25.3 Å². The van der Waals surface area contributed by atoms with Gasteiger partial charge in [-0.2, -0.15) is 0 Å². The Kier molecular flexibility index (Phi) is 5.20. The van der Waals surface area contributed by atoms with Crippen molar-refractivity contribution in [3.05, 3.63) is 69.3 Å². The molecule has 0 aliphatic carbocycles. The number of allylic oxidation sites excluding steroid dienone is 2. The molecule has 0 N–H and O–H groups in total. The van der Waals surface area contributed by atoms with Crippen molar-refractivity contribution in [2.75, 3.05) is 11.4 Å². The van der Waals surface area contributed by atoms with Gasteiger partial charge in [0, 0.05) is 0 Å². The molecule has 132 valence electrons. The number of para-hydroxylation sites is 2. The van der Waals surface area contributed by atoms with Crippen LogP contribution >= 0.6 is 0 Å². The van der Waals surface area contributed by atoms with E-state index in [1.807, 2.05) is 0 Å². The Morgan fingerprint density at radius 3 is 2.65 bits per heavy atom. The molecule has 0 amide bonds. The van der Waals surface area contributed by atoms with Gasteiger partial charge in [-0.25, -0.2) is 0 Å². The Hall–Kier alpha value is -1.57. The molecule has 4 rings (SSSR count). The van der Waals surface area contributed by atoms with Gasteiger partial charge in [0.25, 0.3) is 0 Å². The standard InChI is InChI=1S/C22H23N2Se2/c1-4-23-17-10-6-8-12-19(17)25-21(23)14-16(3)15-22-24(5-2)18-11-7-9-13-20(18)26-22/h6-15H,4-5H2,1-3H3/q+1. The Morgan fingerprint density at radius 1 is 1.08 bits per heavy atom. The number of nitrogens with zero attached hydrogens (tertiary/aromatic N) is 2. The molecule has 1 aliphatic rings. The molecular weight excluding hydrogens is 450 g/mol. The fourth-order valence-electron chi connectivity index (χ4n) is 3.40. The van der Waals surface area contributed by atoms with Gasteiger partial charge in [-0.15, -0.1) is 0 Å². The van der Waals surface area contributed by atoms with Gasteiger partial charge >= 0.3 is 168 Å². The van der Waals surface area contributed by atoms with Crippen molar-refractivity contribution in [2.24, 2.45) is 0 Å². The molecule has 0 saturated carbocycles. The van der Waals surface area contributed by atoms with Gasteiger partial charge < -0.3 is 0 Å². The van der Waals surface area contributed by atoms with Crippen molar-refractivity contribution in [3.8, 4) is 0 Å². The average molecular weight is 473 g/mol. The first-order chi connectivity index (χ1) is 12.7. The number of rotatable bonds is 4. The number of hydrogen-bond acceptors (Lipinski definition) is 1. The van der Waals surface area contributed by atoms with Crippen LogP contribution in [-0.2, 0) is 6.54 Å². The number of aryl methyl sites for hydroxylation is 1. The molecule has 0 spiro atoms. The number of anilines is 1. The van der Waals surface area contributed by atoms with Crippen LogP contribution in [0.4, 0.5) is 5.69 Å². The molecule has 0 atom stereocenters. The molecule has 1 aromatic heterocycles. The van der Waals surface area contributed by atoms with Gasteiger partial charge in [0.2, 0.25) is 0 Å². The van der Waals surface area contributed by atoms with E-state index in [0.29, 0.717) is 29.5 Å². The summed E-state index contributed by atoms with van der Waals surface area (Å²) in [5, 5.41) is 0. The van der Waals surface area contributed by atoms with E-state index in [9.17, 15) is 0 Å². The fourth-order valence-corrected chi connectivity index (χ4v) is 8.60. The topological polar surface area (TPSA) is 7.12 Å². The molecule has 0 bridgehead atoms. The maximum atomic E-state index is 2.48. The summed E-state index contributed by atoms with van der Waals surface area (Å²) in [4.78, 5) is 2.48. The van der Waals surface area contributed by atoms with Gasteiger partial charge in [0.15, 0.2) is 0 Å². The molecule has 2 aromatic carbocycles. The molecule has 2 nitrogen and oxygen atoms in total. The average Bonchev–Trinajstić information content (AvgIpc) is 3.17. The first kappa shape index (κ1) is 17.8. The summed E-state index contributed by atoms with van der Waals surface area (Å²) in [7, 11) is 0. The zero-order valence-corrected chi connectivity index (χ0v) is 18.8. The summed E-state index contributed by atoms with van der Waals surface area (Å²) in [6.07, 6.45) is 4.81. The van der Waals surface area contributed by atoms with Crippen molar-refractivity contribution in [1.29, 1.82) is 0 Å². The maximum absolute atomic E-state index is 2.48. The van der Waals surface area contributed by atoms with Crippen molar-refractivity contribution in [2.45, 2.75) is 27.3 Å². The van der Waals surface area contributed by atoms with Crippen LogP contribution in [0, 0.1) is 0 Å². The molecule has 0 unspecified atom stereocenters. The summed E-state index contributed by atoms with van der Waals surface area (Å²) in [6, 6.07) is 17.7. The van der Waals surface area contributed by atoms with E-state index in [2.05, 4.69) is 90.9 Å². The predicted molar refractivity (Wildman–Crippen MR) is 113 cm³/mol. The van der Waals surface area contributed by atoms with Crippen LogP contribution in [0.2, 0.25) is 0 Å². The van der Waals surface area contributed by atoms with Gasteiger partial charge in [-0.1, -0.05) is 0 Å². The first-order valence-corrected chi connectivity index (χ1v) is 12.5. The summed E-state index contributed by atoms with van der Waals surface area (Å²) in [5.74, 6) is 0. The number of benzene rings is 2. The molecule has 0 radical (unpaired) electrons. The predicted octanol–water partition coefficient (Wildman–Crippen LogP) is 3.32. The number of hydrogen-bond donors (Lipinski definition) is 0. The summed E-state index contributed by atoms with van der Waals surface area (Å²) >= 11 is 0.807. The van der Waals surface area contributed by atoms with Gasteiger partial charge in [-0.05, 0) is 0 Å². The van der Waals surface area contributed by atoms with Crippen LogP contribution in [0.15, 0.2) is 64.8 Å². The first-order valence-electron chi connectivity index (χ1n) is 9.07. The van der Waals surface area contributed by atoms with Crippen LogP contribution in [0.3, 0.4) is 0 Å². The Labute approximate surface area is 167 Å². The zero-order chi connectivity index (χ0) is 18.1. The van der Waals surface area contributed by atoms with E-state index in [-0.39, 0.29) is 0 Å². The van der Waals surface area contributed by atoms with Crippen molar-refractivity contribution >= 4 is 55.5 Å². The van der Waals surface area contributed by atoms with Crippen molar-refractivity contribution < 1.29 is 4.57 Å². The third kappa shape index (κ3) is 3.23. The van der Waals surface area contributed by atoms with Crippen LogP contribution in [0.5, 0.6) is 0 Å². The van der Waals surface area contributed by atoms with E-state index in [0.717, 1.165) is 13.1 Å². The van der Waals surface area contributed by atoms with Crippen molar-refractivity contribution in [1.82, 2.24) is 0 Å². The Balaban J connectivity index is 1.70. The molecule has 1 aliphatic heterocycles. The van der Waals surface area contributed by atoms with E-state index in [1.165, 1.54) is 34.7 Å². The molecule has 3 aromatic rings. The molecule has 2 heterocycles. The number of fused-ring (bicyclic) bond motifs is 2. The van der Waals surface area contributed by atoms with E-state index >= 15 is 0 Å². The summed E-state index contributed by atoms with van der Waals surface area (Å²) in [6.45, 7) is 8.81.